The minimum Gasteiger partial charge on any atom is -0.462 e. The molecule has 0 saturated heterocycles. The minimum absolute atomic E-state index is 0.0659. The van der Waals surface area contributed by atoms with Crippen LogP contribution in [0.3, 0.4) is 0 Å². The van der Waals surface area contributed by atoms with E-state index in [1.54, 1.807) is 0 Å². The van der Waals surface area contributed by atoms with Crippen molar-refractivity contribution in [3.05, 3.63) is 0 Å². The van der Waals surface area contributed by atoms with Crippen LogP contribution in [0.1, 0.15) is 279 Å². The third-order valence-corrected chi connectivity index (χ3v) is 11.8. The molecule has 57 heavy (non-hydrogen) atoms. The third kappa shape index (κ3) is 43.8. The largest absolute Gasteiger partial charge is 0.462 e. The second-order valence-electron chi connectivity index (χ2n) is 18.2. The van der Waals surface area contributed by atoms with Gasteiger partial charge >= 0.3 is 17.9 Å². The Kier molecular flexibility index (Phi) is 42.7. The summed E-state index contributed by atoms with van der Waals surface area (Å²) >= 11 is 0. The summed E-state index contributed by atoms with van der Waals surface area (Å²) in [4.78, 5) is 37.8. The Balaban J connectivity index is 4.25. The molecule has 0 aliphatic heterocycles. The van der Waals surface area contributed by atoms with Crippen molar-refractivity contribution >= 4 is 17.9 Å². The van der Waals surface area contributed by atoms with Crippen LogP contribution in [-0.4, -0.2) is 37.2 Å². The number of carbonyl (C=O) groups excluding carboxylic acids is 3. The Morgan fingerprint density at radius 1 is 0.368 bits per heavy atom. The van der Waals surface area contributed by atoms with E-state index in [-0.39, 0.29) is 31.1 Å². The Hall–Kier alpha value is -1.59. The van der Waals surface area contributed by atoms with Gasteiger partial charge in [0.2, 0.25) is 0 Å². The molecule has 6 heteroatoms. The quantitative estimate of drug-likeness (QED) is 0.0346. The highest BCUT2D eigenvalue weighted by molar-refractivity contribution is 5.71. The highest BCUT2D eigenvalue weighted by Gasteiger charge is 2.19. The van der Waals surface area contributed by atoms with Gasteiger partial charge in [0.1, 0.15) is 13.2 Å². The van der Waals surface area contributed by atoms with E-state index in [0.717, 1.165) is 69.6 Å². The molecular weight excluding hydrogens is 709 g/mol. The molecule has 0 bridgehead atoms. The van der Waals surface area contributed by atoms with Crippen molar-refractivity contribution in [1.82, 2.24) is 0 Å². The van der Waals surface area contributed by atoms with E-state index in [1.807, 2.05) is 0 Å². The average Bonchev–Trinajstić information content (AvgIpc) is 3.19. The number of hydrogen-bond acceptors (Lipinski definition) is 6. The molecular formula is C51H98O6. The van der Waals surface area contributed by atoms with Crippen LogP contribution in [0.15, 0.2) is 0 Å². The predicted octanol–water partition coefficient (Wildman–Crippen LogP) is 16.1. The zero-order valence-electron chi connectivity index (χ0n) is 39.0. The summed E-state index contributed by atoms with van der Waals surface area (Å²) in [5, 5.41) is 0. The first-order valence-electron chi connectivity index (χ1n) is 25.3. The van der Waals surface area contributed by atoms with Crippen molar-refractivity contribution in [2.45, 2.75) is 285 Å². The van der Waals surface area contributed by atoms with Gasteiger partial charge in [0, 0.05) is 19.3 Å². The normalized spacial score (nSPS) is 12.5. The van der Waals surface area contributed by atoms with Crippen LogP contribution in [0, 0.1) is 11.8 Å². The summed E-state index contributed by atoms with van der Waals surface area (Å²) in [5.74, 6) is 0.738. The second-order valence-corrected chi connectivity index (χ2v) is 18.2. The van der Waals surface area contributed by atoms with Crippen LogP contribution in [-0.2, 0) is 28.6 Å². The lowest BCUT2D eigenvalue weighted by atomic mass is 10.00. The Labute approximate surface area is 355 Å². The van der Waals surface area contributed by atoms with Gasteiger partial charge in [-0.3, -0.25) is 14.4 Å². The smallest absolute Gasteiger partial charge is 0.306 e. The molecule has 0 heterocycles. The summed E-state index contributed by atoms with van der Waals surface area (Å²) in [6, 6.07) is 0. The third-order valence-electron chi connectivity index (χ3n) is 11.8. The van der Waals surface area contributed by atoms with Crippen molar-refractivity contribution < 1.29 is 28.6 Å². The van der Waals surface area contributed by atoms with Crippen LogP contribution < -0.4 is 0 Å². The number of carbonyl (C=O) groups is 3. The van der Waals surface area contributed by atoms with Gasteiger partial charge in [-0.25, -0.2) is 0 Å². The highest BCUT2D eigenvalue weighted by atomic mass is 16.6. The maximum atomic E-state index is 12.8. The van der Waals surface area contributed by atoms with Crippen LogP contribution in [0.4, 0.5) is 0 Å². The standard InChI is InChI=1S/C51H98O6/c1-6-8-9-10-11-12-13-14-15-16-17-18-19-20-21-22-25-33-38-43-51(54)57-48(44-55-49(52)41-36-31-26-23-24-29-34-39-46(3)4)45-56-50(53)42-37-32-28-27-30-35-40-47(5)7-2/h46-48H,6-45H2,1-5H3/t47?,48-/m1/s1. The van der Waals surface area contributed by atoms with Crippen molar-refractivity contribution in [3.63, 3.8) is 0 Å². The number of esters is 3. The van der Waals surface area contributed by atoms with E-state index >= 15 is 0 Å². The Morgan fingerprint density at radius 2 is 0.667 bits per heavy atom. The van der Waals surface area contributed by atoms with Crippen molar-refractivity contribution in [2.75, 3.05) is 13.2 Å². The lowest BCUT2D eigenvalue weighted by Crippen LogP contribution is -2.30. The molecule has 0 N–H and O–H groups in total. The molecule has 0 rings (SSSR count). The van der Waals surface area contributed by atoms with Gasteiger partial charge in [0.15, 0.2) is 6.10 Å². The van der Waals surface area contributed by atoms with E-state index in [1.165, 1.54) is 167 Å². The molecule has 0 aliphatic rings. The van der Waals surface area contributed by atoms with Gasteiger partial charge in [0.25, 0.3) is 0 Å². The predicted molar refractivity (Wildman–Crippen MR) is 243 cm³/mol. The van der Waals surface area contributed by atoms with Crippen molar-refractivity contribution in [3.8, 4) is 0 Å². The first-order chi connectivity index (χ1) is 27.8. The summed E-state index contributed by atoms with van der Waals surface area (Å²) in [5.41, 5.74) is 0. The summed E-state index contributed by atoms with van der Waals surface area (Å²) in [6.45, 7) is 11.3. The van der Waals surface area contributed by atoms with E-state index < -0.39 is 6.10 Å². The van der Waals surface area contributed by atoms with E-state index in [9.17, 15) is 14.4 Å². The molecule has 0 aromatic heterocycles. The molecule has 1 unspecified atom stereocenters. The molecule has 0 saturated carbocycles. The maximum absolute atomic E-state index is 12.8. The fraction of sp³-hybridized carbons (Fsp3) is 0.941. The minimum atomic E-state index is -0.762. The molecule has 0 aromatic rings. The molecule has 0 radical (unpaired) electrons. The van der Waals surface area contributed by atoms with Crippen molar-refractivity contribution in [1.29, 1.82) is 0 Å². The first kappa shape index (κ1) is 55.4. The zero-order valence-corrected chi connectivity index (χ0v) is 39.0. The monoisotopic (exact) mass is 807 g/mol. The zero-order chi connectivity index (χ0) is 41.9. The van der Waals surface area contributed by atoms with Crippen LogP contribution in [0.5, 0.6) is 0 Å². The number of unbranched alkanes of at least 4 members (excludes halogenated alkanes) is 29. The topological polar surface area (TPSA) is 78.9 Å². The van der Waals surface area contributed by atoms with Gasteiger partial charge in [-0.15, -0.1) is 0 Å². The summed E-state index contributed by atoms with van der Waals surface area (Å²) < 4.78 is 16.8. The molecule has 0 aliphatic carbocycles. The maximum Gasteiger partial charge on any atom is 0.306 e. The van der Waals surface area contributed by atoms with Gasteiger partial charge < -0.3 is 14.2 Å². The summed E-state index contributed by atoms with van der Waals surface area (Å²) in [6.07, 6.45) is 43.9. The molecule has 6 nitrogen and oxygen atoms in total. The van der Waals surface area contributed by atoms with Gasteiger partial charge in [0.05, 0.1) is 0 Å². The first-order valence-corrected chi connectivity index (χ1v) is 25.3. The second kappa shape index (κ2) is 44.0. The Bertz CT molecular complexity index is 872. The van der Waals surface area contributed by atoms with Gasteiger partial charge in [-0.2, -0.15) is 0 Å². The summed E-state index contributed by atoms with van der Waals surface area (Å²) in [7, 11) is 0. The fourth-order valence-electron chi connectivity index (χ4n) is 7.60. The van der Waals surface area contributed by atoms with E-state index in [2.05, 4.69) is 34.6 Å². The molecule has 2 atom stereocenters. The van der Waals surface area contributed by atoms with Gasteiger partial charge in [-0.05, 0) is 31.1 Å². The Morgan fingerprint density at radius 3 is 1.00 bits per heavy atom. The fourth-order valence-corrected chi connectivity index (χ4v) is 7.60. The average molecular weight is 807 g/mol. The van der Waals surface area contributed by atoms with E-state index in [0.29, 0.717) is 19.3 Å². The molecule has 0 spiro atoms. The van der Waals surface area contributed by atoms with Crippen LogP contribution in [0.25, 0.3) is 0 Å². The van der Waals surface area contributed by atoms with Crippen molar-refractivity contribution in [2.24, 2.45) is 11.8 Å². The number of hydrogen-bond donors (Lipinski definition) is 0. The van der Waals surface area contributed by atoms with E-state index in [4.69, 9.17) is 14.2 Å². The molecule has 0 amide bonds. The molecule has 0 fully saturated rings. The van der Waals surface area contributed by atoms with Crippen LogP contribution >= 0.6 is 0 Å². The lowest BCUT2D eigenvalue weighted by molar-refractivity contribution is -0.167. The molecule has 0 aromatic carbocycles. The number of ether oxygens (including phenoxy) is 3. The van der Waals surface area contributed by atoms with Crippen LogP contribution in [0.2, 0.25) is 0 Å². The lowest BCUT2D eigenvalue weighted by Gasteiger charge is -2.18. The SMILES string of the molecule is CCCCCCCCCCCCCCCCCCCCCC(=O)O[C@H](COC(=O)CCCCCCCCCC(C)C)COC(=O)CCCCCCCCC(C)CC. The highest BCUT2D eigenvalue weighted by Crippen LogP contribution is 2.17. The molecule has 338 valence electrons. The number of rotatable bonds is 45. The van der Waals surface area contributed by atoms with Gasteiger partial charge in [-0.1, -0.05) is 240 Å².